The van der Waals surface area contributed by atoms with Gasteiger partial charge in [-0.3, -0.25) is 14.7 Å². The predicted molar refractivity (Wildman–Crippen MR) is 123 cm³/mol. The number of rotatable bonds is 11. The summed E-state index contributed by atoms with van der Waals surface area (Å²) < 4.78 is 5.58. The average Bonchev–Trinajstić information content (AvgIpc) is 3.06. The summed E-state index contributed by atoms with van der Waals surface area (Å²) in [7, 11) is 5.46. The monoisotopic (exact) mass is 497 g/mol. The third-order valence-corrected chi connectivity index (χ3v) is 4.44. The second-order valence-electron chi connectivity index (χ2n) is 7.53. The smallest absolute Gasteiger partial charge is 0.239 e. The van der Waals surface area contributed by atoms with Gasteiger partial charge in [0.2, 0.25) is 5.91 Å². The Morgan fingerprint density at radius 2 is 1.93 bits per heavy atom. The number of likely N-dealkylation sites (N-methyl/N-ethyl adjacent to an activating group) is 1. The summed E-state index contributed by atoms with van der Waals surface area (Å²) in [6, 6.07) is 0.0632. The van der Waals surface area contributed by atoms with Gasteiger partial charge >= 0.3 is 0 Å². The Bertz CT molecular complexity index is 432. The summed E-state index contributed by atoms with van der Waals surface area (Å²) in [4.78, 5) is 20.5. The molecule has 0 saturated carbocycles. The van der Waals surface area contributed by atoms with Crippen LogP contribution < -0.4 is 10.6 Å². The van der Waals surface area contributed by atoms with Crippen LogP contribution in [0.25, 0.3) is 0 Å². The van der Waals surface area contributed by atoms with Gasteiger partial charge < -0.3 is 20.3 Å². The molecule has 1 aliphatic heterocycles. The molecule has 1 heterocycles. The lowest BCUT2D eigenvalue weighted by atomic mass is 10.2. The van der Waals surface area contributed by atoms with Gasteiger partial charge in [0.15, 0.2) is 5.96 Å². The number of guanidine groups is 1. The van der Waals surface area contributed by atoms with E-state index in [1.54, 1.807) is 11.9 Å². The number of hydrogen-bond acceptors (Lipinski definition) is 4. The van der Waals surface area contributed by atoms with E-state index in [-0.39, 0.29) is 35.9 Å². The number of carbonyl (C=O) groups is 1. The highest BCUT2D eigenvalue weighted by atomic mass is 127. The standard InChI is InChI=1S/C19H39N5O2.HI/c1-16(2)15-26-14-8-11-22-19(20-3)21-10-7-13-24-12-6-9-17(24)18(25)23(4)5;/h16-17H,6-15H2,1-5H3,(H2,20,21,22);1H. The minimum absolute atomic E-state index is 0. The number of hydrogen-bond donors (Lipinski definition) is 2. The van der Waals surface area contributed by atoms with Crippen molar-refractivity contribution >= 4 is 35.8 Å². The molecule has 0 aliphatic carbocycles. The van der Waals surface area contributed by atoms with E-state index in [1.165, 1.54) is 0 Å². The van der Waals surface area contributed by atoms with Gasteiger partial charge in [-0.05, 0) is 38.1 Å². The fraction of sp³-hybridized carbons (Fsp3) is 0.895. The summed E-state index contributed by atoms with van der Waals surface area (Å²) in [5.41, 5.74) is 0. The van der Waals surface area contributed by atoms with Crippen LogP contribution >= 0.6 is 24.0 Å². The Labute approximate surface area is 182 Å². The second kappa shape index (κ2) is 15.3. The number of nitrogens with zero attached hydrogens (tertiary/aromatic N) is 3. The second-order valence-corrected chi connectivity index (χ2v) is 7.53. The summed E-state index contributed by atoms with van der Waals surface area (Å²) in [6.45, 7) is 9.58. The summed E-state index contributed by atoms with van der Waals surface area (Å²) in [5, 5.41) is 6.66. The Balaban J connectivity index is 0.00000676. The van der Waals surface area contributed by atoms with E-state index in [0.29, 0.717) is 5.92 Å². The lowest BCUT2D eigenvalue weighted by molar-refractivity contribution is -0.133. The van der Waals surface area contributed by atoms with Crippen molar-refractivity contribution < 1.29 is 9.53 Å². The lowest BCUT2D eigenvalue weighted by Crippen LogP contribution is -2.44. The molecule has 0 aromatic heterocycles. The van der Waals surface area contributed by atoms with Crippen LogP contribution in [0.1, 0.15) is 39.5 Å². The van der Waals surface area contributed by atoms with Gasteiger partial charge in [0, 0.05) is 54.0 Å². The molecule has 1 amide bonds. The maximum atomic E-state index is 12.2. The topological polar surface area (TPSA) is 69.2 Å². The third kappa shape index (κ3) is 11.1. The van der Waals surface area contributed by atoms with Crippen LogP contribution in [0.5, 0.6) is 0 Å². The van der Waals surface area contributed by atoms with Crippen LogP contribution in [-0.2, 0) is 9.53 Å². The first-order chi connectivity index (χ1) is 12.5. The number of amides is 1. The van der Waals surface area contributed by atoms with Gasteiger partial charge in [-0.25, -0.2) is 0 Å². The molecule has 1 rings (SSSR count). The number of ether oxygens (including phenoxy) is 1. The summed E-state index contributed by atoms with van der Waals surface area (Å²) in [6.07, 6.45) is 4.05. The molecule has 0 radical (unpaired) electrons. The predicted octanol–water partition coefficient (Wildman–Crippen LogP) is 1.77. The van der Waals surface area contributed by atoms with Gasteiger partial charge in [0.1, 0.15) is 0 Å². The largest absolute Gasteiger partial charge is 0.381 e. The zero-order valence-corrected chi connectivity index (χ0v) is 20.1. The molecule has 8 heteroatoms. The number of nitrogens with one attached hydrogen (secondary N) is 2. The highest BCUT2D eigenvalue weighted by Crippen LogP contribution is 2.18. The van der Waals surface area contributed by atoms with Gasteiger partial charge in [-0.2, -0.15) is 0 Å². The molecule has 0 aromatic carbocycles. The fourth-order valence-corrected chi connectivity index (χ4v) is 3.08. The van der Waals surface area contributed by atoms with Gasteiger partial charge in [-0.15, -0.1) is 24.0 Å². The van der Waals surface area contributed by atoms with Crippen LogP contribution in [0.4, 0.5) is 0 Å². The van der Waals surface area contributed by atoms with Crippen LogP contribution in [-0.4, -0.2) is 88.2 Å². The van der Waals surface area contributed by atoms with Crippen molar-refractivity contribution in [2.75, 3.05) is 60.5 Å². The Kier molecular flexibility index (Phi) is 15.0. The van der Waals surface area contributed by atoms with Crippen LogP contribution in [0.2, 0.25) is 0 Å². The van der Waals surface area contributed by atoms with Gasteiger partial charge in [0.05, 0.1) is 6.04 Å². The summed E-state index contributed by atoms with van der Waals surface area (Å²) in [5.74, 6) is 1.64. The Hall–Kier alpha value is -0.610. The zero-order chi connectivity index (χ0) is 19.4. The van der Waals surface area contributed by atoms with E-state index < -0.39 is 0 Å². The first-order valence-corrected chi connectivity index (χ1v) is 9.93. The van der Waals surface area contributed by atoms with E-state index in [1.807, 2.05) is 14.1 Å². The fourth-order valence-electron chi connectivity index (χ4n) is 3.08. The first kappa shape index (κ1) is 26.4. The van der Waals surface area contributed by atoms with Crippen molar-refractivity contribution in [3.05, 3.63) is 0 Å². The quantitative estimate of drug-likeness (QED) is 0.197. The van der Waals surface area contributed by atoms with Crippen molar-refractivity contribution in [3.8, 4) is 0 Å². The van der Waals surface area contributed by atoms with Gasteiger partial charge in [0.25, 0.3) is 0 Å². The molecular weight excluding hydrogens is 457 g/mol. The van der Waals surface area contributed by atoms with E-state index in [4.69, 9.17) is 4.74 Å². The number of likely N-dealkylation sites (tertiary alicyclic amines) is 1. The minimum Gasteiger partial charge on any atom is -0.381 e. The van der Waals surface area contributed by atoms with Crippen molar-refractivity contribution in [1.29, 1.82) is 0 Å². The highest BCUT2D eigenvalue weighted by molar-refractivity contribution is 14.0. The SMILES string of the molecule is CN=C(NCCCOCC(C)C)NCCCN1CCCC1C(=O)N(C)C.I. The maximum Gasteiger partial charge on any atom is 0.239 e. The molecule has 1 fully saturated rings. The number of carbonyl (C=O) groups excluding carboxylic acids is 1. The molecular formula is C19H40IN5O2. The van der Waals surface area contributed by atoms with E-state index >= 15 is 0 Å². The lowest BCUT2D eigenvalue weighted by Gasteiger charge is -2.26. The van der Waals surface area contributed by atoms with Crippen LogP contribution in [0.3, 0.4) is 0 Å². The molecule has 2 N–H and O–H groups in total. The van der Waals surface area contributed by atoms with Crippen LogP contribution in [0.15, 0.2) is 4.99 Å². The molecule has 0 aromatic rings. The van der Waals surface area contributed by atoms with Gasteiger partial charge in [-0.1, -0.05) is 13.8 Å². The normalized spacial score (nSPS) is 17.7. The third-order valence-electron chi connectivity index (χ3n) is 4.44. The molecule has 1 unspecified atom stereocenters. The van der Waals surface area contributed by atoms with E-state index in [2.05, 4.69) is 34.4 Å². The Morgan fingerprint density at radius 3 is 2.52 bits per heavy atom. The molecule has 0 spiro atoms. The average molecular weight is 497 g/mol. The summed E-state index contributed by atoms with van der Waals surface area (Å²) >= 11 is 0. The molecule has 1 aliphatic rings. The van der Waals surface area contributed by atoms with Crippen molar-refractivity contribution in [2.24, 2.45) is 10.9 Å². The van der Waals surface area contributed by atoms with Crippen molar-refractivity contribution in [1.82, 2.24) is 20.4 Å². The van der Waals surface area contributed by atoms with Crippen molar-refractivity contribution in [2.45, 2.75) is 45.6 Å². The van der Waals surface area contributed by atoms with Crippen molar-refractivity contribution in [3.63, 3.8) is 0 Å². The first-order valence-electron chi connectivity index (χ1n) is 9.93. The molecule has 27 heavy (non-hydrogen) atoms. The molecule has 1 atom stereocenters. The molecule has 160 valence electrons. The van der Waals surface area contributed by atoms with E-state index in [0.717, 1.165) is 71.0 Å². The molecule has 0 bridgehead atoms. The Morgan fingerprint density at radius 1 is 1.26 bits per heavy atom. The minimum atomic E-state index is 0. The highest BCUT2D eigenvalue weighted by Gasteiger charge is 2.30. The maximum absolute atomic E-state index is 12.2. The zero-order valence-electron chi connectivity index (χ0n) is 17.8. The molecule has 1 saturated heterocycles. The number of aliphatic imine (C=N–C) groups is 1. The van der Waals surface area contributed by atoms with Crippen LogP contribution in [0, 0.1) is 5.92 Å². The number of halogens is 1. The van der Waals surface area contributed by atoms with E-state index in [9.17, 15) is 4.79 Å². The molecule has 7 nitrogen and oxygen atoms in total.